The van der Waals surface area contributed by atoms with Crippen LogP contribution in [0.1, 0.15) is 5.69 Å². The zero-order valence-corrected chi connectivity index (χ0v) is 9.19. The van der Waals surface area contributed by atoms with E-state index in [1.165, 1.54) is 0 Å². The van der Waals surface area contributed by atoms with Crippen LogP contribution in [-0.2, 0) is 6.54 Å². The van der Waals surface area contributed by atoms with E-state index in [1.807, 2.05) is 0 Å². The molecule has 0 saturated heterocycles. The van der Waals surface area contributed by atoms with Crippen molar-refractivity contribution in [2.75, 3.05) is 0 Å². The second-order valence-corrected chi connectivity index (χ2v) is 3.53. The van der Waals surface area contributed by atoms with Gasteiger partial charge in [-0.25, -0.2) is 4.98 Å². The third kappa shape index (κ3) is 2.68. The molecule has 0 spiro atoms. The molecule has 2 rings (SSSR count). The van der Waals surface area contributed by atoms with Crippen LogP contribution in [-0.4, -0.2) is 9.97 Å². The Kier molecular flexibility index (Phi) is 3.34. The fourth-order valence-electron chi connectivity index (χ4n) is 1.15. The highest BCUT2D eigenvalue weighted by molar-refractivity contribution is 6.30. The zero-order chi connectivity index (χ0) is 11.4. The van der Waals surface area contributed by atoms with Crippen LogP contribution in [0.15, 0.2) is 36.5 Å². The van der Waals surface area contributed by atoms with Gasteiger partial charge < -0.3 is 10.5 Å². The third-order valence-corrected chi connectivity index (χ3v) is 2.18. The van der Waals surface area contributed by atoms with Gasteiger partial charge in [0.15, 0.2) is 0 Å². The van der Waals surface area contributed by atoms with E-state index in [-0.39, 0.29) is 6.01 Å². The maximum absolute atomic E-state index is 5.76. The summed E-state index contributed by atoms with van der Waals surface area (Å²) in [6.45, 7) is 0.361. The van der Waals surface area contributed by atoms with Gasteiger partial charge in [-0.2, -0.15) is 4.98 Å². The minimum Gasteiger partial charge on any atom is -0.424 e. The maximum Gasteiger partial charge on any atom is 0.322 e. The van der Waals surface area contributed by atoms with Crippen molar-refractivity contribution in [3.05, 3.63) is 47.2 Å². The SMILES string of the molecule is NCc1ccnc(Oc2ccc(Cl)cc2)n1. The van der Waals surface area contributed by atoms with Crippen molar-refractivity contribution in [3.63, 3.8) is 0 Å². The number of benzene rings is 1. The number of hydrogen-bond donors (Lipinski definition) is 1. The largest absolute Gasteiger partial charge is 0.424 e. The van der Waals surface area contributed by atoms with Crippen LogP contribution in [0.25, 0.3) is 0 Å². The molecule has 82 valence electrons. The molecule has 0 bridgehead atoms. The molecular formula is C11H10ClN3O. The van der Waals surface area contributed by atoms with E-state index in [2.05, 4.69) is 9.97 Å². The Balaban J connectivity index is 2.16. The summed E-state index contributed by atoms with van der Waals surface area (Å²) in [6.07, 6.45) is 1.61. The molecule has 16 heavy (non-hydrogen) atoms. The van der Waals surface area contributed by atoms with Crippen molar-refractivity contribution in [1.82, 2.24) is 9.97 Å². The first kappa shape index (κ1) is 10.9. The van der Waals surface area contributed by atoms with Gasteiger partial charge in [-0.05, 0) is 30.3 Å². The predicted octanol–water partition coefficient (Wildman–Crippen LogP) is 2.38. The van der Waals surface area contributed by atoms with Crippen LogP contribution in [0, 0.1) is 0 Å². The summed E-state index contributed by atoms with van der Waals surface area (Å²) in [7, 11) is 0. The van der Waals surface area contributed by atoms with Gasteiger partial charge >= 0.3 is 6.01 Å². The van der Waals surface area contributed by atoms with Gasteiger partial charge in [0.1, 0.15) is 5.75 Å². The van der Waals surface area contributed by atoms with E-state index in [9.17, 15) is 0 Å². The highest BCUT2D eigenvalue weighted by Crippen LogP contribution is 2.19. The lowest BCUT2D eigenvalue weighted by Gasteiger charge is -2.04. The van der Waals surface area contributed by atoms with Gasteiger partial charge in [-0.1, -0.05) is 11.6 Å². The molecular weight excluding hydrogens is 226 g/mol. The Hall–Kier alpha value is -1.65. The van der Waals surface area contributed by atoms with E-state index in [1.54, 1.807) is 36.5 Å². The Morgan fingerprint density at radius 2 is 1.94 bits per heavy atom. The molecule has 2 N–H and O–H groups in total. The fraction of sp³-hybridized carbons (Fsp3) is 0.0909. The van der Waals surface area contributed by atoms with Crippen LogP contribution in [0.5, 0.6) is 11.8 Å². The highest BCUT2D eigenvalue weighted by atomic mass is 35.5. The third-order valence-electron chi connectivity index (χ3n) is 1.92. The lowest BCUT2D eigenvalue weighted by molar-refractivity contribution is 0.439. The van der Waals surface area contributed by atoms with E-state index >= 15 is 0 Å². The van der Waals surface area contributed by atoms with E-state index < -0.39 is 0 Å². The van der Waals surface area contributed by atoms with Gasteiger partial charge in [-0.15, -0.1) is 0 Å². The summed E-state index contributed by atoms with van der Waals surface area (Å²) in [5.41, 5.74) is 6.20. The molecule has 5 heteroatoms. The molecule has 0 unspecified atom stereocenters. The summed E-state index contributed by atoms with van der Waals surface area (Å²) in [5, 5.41) is 0.656. The molecule has 0 amide bonds. The number of ether oxygens (including phenoxy) is 1. The maximum atomic E-state index is 5.76. The Morgan fingerprint density at radius 1 is 1.19 bits per heavy atom. The quantitative estimate of drug-likeness (QED) is 0.887. The topological polar surface area (TPSA) is 61.0 Å². The zero-order valence-electron chi connectivity index (χ0n) is 8.43. The number of rotatable bonds is 3. The van der Waals surface area contributed by atoms with Gasteiger partial charge in [0, 0.05) is 17.8 Å². The minimum absolute atomic E-state index is 0.283. The fourth-order valence-corrected chi connectivity index (χ4v) is 1.27. The molecule has 0 aliphatic carbocycles. The van der Waals surface area contributed by atoms with Crippen molar-refractivity contribution >= 4 is 11.6 Å². The van der Waals surface area contributed by atoms with Gasteiger partial charge in [-0.3, -0.25) is 0 Å². The monoisotopic (exact) mass is 235 g/mol. The van der Waals surface area contributed by atoms with E-state index in [4.69, 9.17) is 22.1 Å². The van der Waals surface area contributed by atoms with Crippen molar-refractivity contribution in [1.29, 1.82) is 0 Å². The second-order valence-electron chi connectivity index (χ2n) is 3.09. The molecule has 0 fully saturated rings. The molecule has 0 radical (unpaired) electrons. The molecule has 1 aromatic heterocycles. The van der Waals surface area contributed by atoms with Crippen LogP contribution < -0.4 is 10.5 Å². The van der Waals surface area contributed by atoms with Crippen LogP contribution in [0.2, 0.25) is 5.02 Å². The van der Waals surface area contributed by atoms with Crippen molar-refractivity contribution in [2.45, 2.75) is 6.54 Å². The van der Waals surface area contributed by atoms with Gasteiger partial charge in [0.2, 0.25) is 0 Å². The lowest BCUT2D eigenvalue weighted by Crippen LogP contribution is -2.01. The smallest absolute Gasteiger partial charge is 0.322 e. The first-order chi connectivity index (χ1) is 7.78. The minimum atomic E-state index is 0.283. The van der Waals surface area contributed by atoms with E-state index in [0.29, 0.717) is 17.3 Å². The molecule has 1 aromatic carbocycles. The molecule has 1 heterocycles. The van der Waals surface area contributed by atoms with Crippen molar-refractivity contribution in [2.24, 2.45) is 5.73 Å². The first-order valence-electron chi connectivity index (χ1n) is 4.73. The number of nitrogens with two attached hydrogens (primary N) is 1. The van der Waals surface area contributed by atoms with Crippen molar-refractivity contribution in [3.8, 4) is 11.8 Å². The van der Waals surface area contributed by atoms with Crippen LogP contribution in [0.4, 0.5) is 0 Å². The van der Waals surface area contributed by atoms with Crippen LogP contribution in [0.3, 0.4) is 0 Å². The summed E-state index contributed by atoms with van der Waals surface area (Å²) < 4.78 is 5.44. The van der Waals surface area contributed by atoms with Gasteiger partial charge in [0.05, 0.1) is 5.69 Å². The van der Waals surface area contributed by atoms with Crippen LogP contribution >= 0.6 is 11.6 Å². The highest BCUT2D eigenvalue weighted by Gasteiger charge is 2.01. The van der Waals surface area contributed by atoms with E-state index in [0.717, 1.165) is 5.69 Å². The second kappa shape index (κ2) is 4.92. The van der Waals surface area contributed by atoms with Gasteiger partial charge in [0.25, 0.3) is 0 Å². The Morgan fingerprint density at radius 3 is 2.62 bits per heavy atom. The number of hydrogen-bond acceptors (Lipinski definition) is 4. The number of halogens is 1. The number of nitrogens with zero attached hydrogens (tertiary/aromatic N) is 2. The molecule has 0 saturated carbocycles. The molecule has 4 nitrogen and oxygen atoms in total. The Bertz CT molecular complexity index is 473. The molecule has 0 aliphatic rings. The molecule has 0 aliphatic heterocycles. The average Bonchev–Trinajstić information content (AvgIpc) is 2.32. The van der Waals surface area contributed by atoms with Crippen molar-refractivity contribution < 1.29 is 4.74 Å². The average molecular weight is 236 g/mol. The lowest BCUT2D eigenvalue weighted by atomic mass is 10.3. The Labute approximate surface area is 98.0 Å². The number of aromatic nitrogens is 2. The normalized spacial score (nSPS) is 10.1. The summed E-state index contributed by atoms with van der Waals surface area (Å²) in [4.78, 5) is 8.10. The molecule has 0 atom stereocenters. The first-order valence-corrected chi connectivity index (χ1v) is 5.11. The predicted molar refractivity (Wildman–Crippen MR) is 61.4 cm³/mol. The summed E-state index contributed by atoms with van der Waals surface area (Å²) >= 11 is 5.76. The summed E-state index contributed by atoms with van der Waals surface area (Å²) in [5.74, 6) is 0.638. The molecule has 2 aromatic rings. The summed E-state index contributed by atoms with van der Waals surface area (Å²) in [6, 6.07) is 9.01. The standard InChI is InChI=1S/C11H10ClN3O/c12-8-1-3-10(4-2-8)16-11-14-6-5-9(7-13)15-11/h1-6H,7,13H2.